The highest BCUT2D eigenvalue weighted by molar-refractivity contribution is 7.89. The maximum atomic E-state index is 11.8. The molecule has 1 saturated heterocycles. The molecule has 1 heterocycles. The average Bonchev–Trinajstić information content (AvgIpc) is 3.50. The van der Waals surface area contributed by atoms with Crippen molar-refractivity contribution in [3.8, 4) is 5.75 Å². The molecule has 4 atom stereocenters. The van der Waals surface area contributed by atoms with Gasteiger partial charge in [-0.1, -0.05) is 30.3 Å². The molecule has 2 unspecified atom stereocenters. The predicted octanol–water partition coefficient (Wildman–Crippen LogP) is 2.41. The van der Waals surface area contributed by atoms with Crippen LogP contribution in [-0.4, -0.2) is 51.4 Å². The van der Waals surface area contributed by atoms with Crippen LogP contribution in [0.2, 0.25) is 0 Å². The maximum Gasteiger partial charge on any atom is 0.264 e. The monoisotopic (exact) mass is 457 g/mol. The van der Waals surface area contributed by atoms with Crippen LogP contribution in [0.3, 0.4) is 0 Å². The molecule has 0 aromatic heterocycles. The first-order valence-electron chi connectivity index (χ1n) is 11.0. The Balaban J connectivity index is 1.13. The summed E-state index contributed by atoms with van der Waals surface area (Å²) >= 11 is 0. The largest absolute Gasteiger partial charge is 0.494 e. The highest BCUT2D eigenvalue weighted by Crippen LogP contribution is 2.40. The second kappa shape index (κ2) is 9.21. The Morgan fingerprint density at radius 2 is 1.84 bits per heavy atom. The molecule has 1 saturated carbocycles. The molecular formula is C24H31N3O4S. The number of hydrogen-bond donors (Lipinski definition) is 3. The van der Waals surface area contributed by atoms with Crippen LogP contribution in [0.15, 0.2) is 54.6 Å². The predicted molar refractivity (Wildman–Crippen MR) is 124 cm³/mol. The van der Waals surface area contributed by atoms with Gasteiger partial charge in [-0.3, -0.25) is 4.79 Å². The molecule has 1 amide bonds. The van der Waals surface area contributed by atoms with Gasteiger partial charge in [0.1, 0.15) is 5.75 Å². The first kappa shape index (κ1) is 22.8. The van der Waals surface area contributed by atoms with Gasteiger partial charge in [-0.25, -0.2) is 13.1 Å². The van der Waals surface area contributed by atoms with Crippen molar-refractivity contribution in [2.75, 3.05) is 19.4 Å². The van der Waals surface area contributed by atoms with Gasteiger partial charge in [-0.2, -0.15) is 0 Å². The first-order valence-corrected chi connectivity index (χ1v) is 12.9. The van der Waals surface area contributed by atoms with Crippen molar-refractivity contribution >= 4 is 15.9 Å². The maximum absolute atomic E-state index is 11.8. The topological polar surface area (TPSA) is 96.5 Å². The standard InChI is InChI=1S/C24H31N3O4S/c1-24(12-13-31-20-10-8-18(9-11-20)23(28)27-32(2,29)30)15-19(26-24)16-25-22-14-21(22)17-6-4-3-5-7-17/h3-11,19,21-22,25-26H,12-16H2,1-2H3,(H,27,28)/t19?,21-,22+,24?/m0/s1. The van der Waals surface area contributed by atoms with E-state index in [0.717, 1.165) is 25.6 Å². The molecule has 7 nitrogen and oxygen atoms in total. The second-order valence-electron chi connectivity index (χ2n) is 9.20. The number of hydrogen-bond acceptors (Lipinski definition) is 6. The van der Waals surface area contributed by atoms with Crippen LogP contribution in [0.25, 0.3) is 0 Å². The quantitative estimate of drug-likeness (QED) is 0.507. The summed E-state index contributed by atoms with van der Waals surface area (Å²) in [4.78, 5) is 11.8. The summed E-state index contributed by atoms with van der Waals surface area (Å²) in [5.74, 6) is 0.661. The zero-order valence-electron chi connectivity index (χ0n) is 18.5. The summed E-state index contributed by atoms with van der Waals surface area (Å²) in [6.07, 6.45) is 4.16. The van der Waals surface area contributed by atoms with Crippen LogP contribution in [0.1, 0.15) is 48.0 Å². The third-order valence-electron chi connectivity index (χ3n) is 6.21. The molecule has 2 aromatic carbocycles. The van der Waals surface area contributed by atoms with Gasteiger partial charge in [0.05, 0.1) is 12.9 Å². The fraction of sp³-hybridized carbons (Fsp3) is 0.458. The van der Waals surface area contributed by atoms with Gasteiger partial charge in [0.15, 0.2) is 0 Å². The lowest BCUT2D eigenvalue weighted by Crippen LogP contribution is -2.65. The molecule has 8 heteroatoms. The number of benzene rings is 2. The number of amides is 1. The minimum atomic E-state index is -3.58. The van der Waals surface area contributed by atoms with E-state index in [4.69, 9.17) is 4.74 Å². The first-order chi connectivity index (χ1) is 15.2. The molecule has 2 fully saturated rings. The van der Waals surface area contributed by atoms with E-state index in [1.807, 2.05) is 4.72 Å². The Bertz CT molecular complexity index is 1030. The number of ether oxygens (including phenoxy) is 1. The van der Waals surface area contributed by atoms with Crippen LogP contribution < -0.4 is 20.1 Å². The molecule has 1 aliphatic heterocycles. The van der Waals surface area contributed by atoms with Crippen molar-refractivity contribution in [2.24, 2.45) is 0 Å². The van der Waals surface area contributed by atoms with E-state index in [-0.39, 0.29) is 11.1 Å². The van der Waals surface area contributed by atoms with Crippen LogP contribution in [0.5, 0.6) is 5.75 Å². The minimum absolute atomic E-state index is 0.0735. The third-order valence-corrected chi connectivity index (χ3v) is 6.77. The number of sulfonamides is 1. The Labute approximate surface area is 190 Å². The van der Waals surface area contributed by atoms with E-state index in [1.54, 1.807) is 24.3 Å². The fourth-order valence-corrected chi connectivity index (χ4v) is 4.87. The van der Waals surface area contributed by atoms with E-state index in [0.29, 0.717) is 30.4 Å². The van der Waals surface area contributed by atoms with Crippen molar-refractivity contribution in [3.05, 3.63) is 65.7 Å². The lowest BCUT2D eigenvalue weighted by Gasteiger charge is -2.47. The second-order valence-corrected chi connectivity index (χ2v) is 10.9. The van der Waals surface area contributed by atoms with Crippen molar-refractivity contribution in [3.63, 3.8) is 0 Å². The molecule has 1 aliphatic carbocycles. The number of carbonyl (C=O) groups excluding carboxylic acids is 1. The third kappa shape index (κ3) is 6.09. The molecule has 2 aliphatic rings. The molecule has 0 radical (unpaired) electrons. The molecule has 32 heavy (non-hydrogen) atoms. The van der Waals surface area contributed by atoms with E-state index in [2.05, 4.69) is 47.9 Å². The summed E-state index contributed by atoms with van der Waals surface area (Å²) in [6, 6.07) is 18.3. The molecule has 3 N–H and O–H groups in total. The van der Waals surface area contributed by atoms with Crippen LogP contribution in [-0.2, 0) is 10.0 Å². The highest BCUT2D eigenvalue weighted by atomic mass is 32.2. The van der Waals surface area contributed by atoms with Crippen LogP contribution >= 0.6 is 0 Å². The van der Waals surface area contributed by atoms with E-state index < -0.39 is 15.9 Å². The number of nitrogens with one attached hydrogen (secondary N) is 3. The summed E-state index contributed by atoms with van der Waals surface area (Å²) in [6.45, 7) is 3.77. The lowest BCUT2D eigenvalue weighted by molar-refractivity contribution is 0.0981. The summed E-state index contributed by atoms with van der Waals surface area (Å²) in [5.41, 5.74) is 1.78. The highest BCUT2D eigenvalue weighted by Gasteiger charge is 2.42. The molecule has 4 rings (SSSR count). The van der Waals surface area contributed by atoms with Crippen LogP contribution in [0.4, 0.5) is 0 Å². The van der Waals surface area contributed by atoms with Gasteiger partial charge < -0.3 is 15.4 Å². The lowest BCUT2D eigenvalue weighted by atomic mass is 9.81. The summed E-state index contributed by atoms with van der Waals surface area (Å²) in [5, 5.41) is 7.36. The van der Waals surface area contributed by atoms with E-state index in [9.17, 15) is 13.2 Å². The Morgan fingerprint density at radius 1 is 1.16 bits per heavy atom. The Hall–Kier alpha value is -2.42. The minimum Gasteiger partial charge on any atom is -0.494 e. The Morgan fingerprint density at radius 3 is 2.50 bits per heavy atom. The van der Waals surface area contributed by atoms with E-state index in [1.165, 1.54) is 12.0 Å². The van der Waals surface area contributed by atoms with Gasteiger partial charge >= 0.3 is 0 Å². The van der Waals surface area contributed by atoms with Crippen molar-refractivity contribution in [2.45, 2.75) is 49.7 Å². The zero-order valence-corrected chi connectivity index (χ0v) is 19.3. The normalized spacial score (nSPS) is 26.8. The summed E-state index contributed by atoms with van der Waals surface area (Å²) in [7, 11) is -3.58. The van der Waals surface area contributed by atoms with Crippen molar-refractivity contribution in [1.29, 1.82) is 0 Å². The van der Waals surface area contributed by atoms with Gasteiger partial charge in [-0.05, 0) is 56.0 Å². The van der Waals surface area contributed by atoms with Gasteiger partial charge in [0.25, 0.3) is 5.91 Å². The average molecular weight is 458 g/mol. The fourth-order valence-electron chi connectivity index (χ4n) is 4.42. The van der Waals surface area contributed by atoms with Crippen LogP contribution in [0, 0.1) is 0 Å². The molecule has 0 spiro atoms. The molecular weight excluding hydrogens is 426 g/mol. The molecule has 172 valence electrons. The molecule has 0 bridgehead atoms. The zero-order chi connectivity index (χ0) is 22.8. The van der Waals surface area contributed by atoms with Crippen molar-refractivity contribution in [1.82, 2.24) is 15.4 Å². The SMILES string of the molecule is CC1(CCOc2ccc(C(=O)NS(C)(=O)=O)cc2)CC(CN[C@@H]2C[C@H]2c2ccccc2)N1. The van der Waals surface area contributed by atoms with Gasteiger partial charge in [0.2, 0.25) is 10.0 Å². The van der Waals surface area contributed by atoms with Gasteiger partial charge in [-0.15, -0.1) is 0 Å². The van der Waals surface area contributed by atoms with E-state index >= 15 is 0 Å². The smallest absolute Gasteiger partial charge is 0.264 e. The summed E-state index contributed by atoms with van der Waals surface area (Å²) < 4.78 is 30.1. The van der Waals surface area contributed by atoms with Crippen molar-refractivity contribution < 1.29 is 17.9 Å². The van der Waals surface area contributed by atoms with Gasteiger partial charge in [0, 0.05) is 35.6 Å². The number of carbonyl (C=O) groups is 1. The number of rotatable bonds is 10. The Kier molecular flexibility index (Phi) is 6.55. The molecule has 2 aromatic rings.